The van der Waals surface area contributed by atoms with Gasteiger partial charge < -0.3 is 10.2 Å². The van der Waals surface area contributed by atoms with Crippen LogP contribution in [0.4, 0.5) is 5.69 Å². The number of piperidine rings is 1. The van der Waals surface area contributed by atoms with Crippen molar-refractivity contribution in [2.45, 2.75) is 32.1 Å². The Morgan fingerprint density at radius 2 is 1.96 bits per heavy atom. The maximum absolute atomic E-state index is 12.7. The molecule has 1 fully saturated rings. The highest BCUT2D eigenvalue weighted by Gasteiger charge is 2.27. The maximum atomic E-state index is 12.7. The van der Waals surface area contributed by atoms with Gasteiger partial charge in [0.1, 0.15) is 6.42 Å². The van der Waals surface area contributed by atoms with Gasteiger partial charge in [0.2, 0.25) is 11.8 Å². The van der Waals surface area contributed by atoms with Crippen molar-refractivity contribution in [3.63, 3.8) is 0 Å². The number of rotatable bonds is 4. The molecule has 0 saturated carbocycles. The van der Waals surface area contributed by atoms with Gasteiger partial charge in [-0.2, -0.15) is 0 Å². The first kappa shape index (κ1) is 18.6. The van der Waals surface area contributed by atoms with Crippen molar-refractivity contribution >= 4 is 39.1 Å². The molecule has 3 aromatic rings. The number of hydrogen-bond acceptors (Lipinski definition) is 4. The van der Waals surface area contributed by atoms with E-state index in [1.165, 1.54) is 4.70 Å². The van der Waals surface area contributed by atoms with E-state index in [4.69, 9.17) is 4.98 Å². The van der Waals surface area contributed by atoms with Crippen LogP contribution in [0, 0.1) is 6.92 Å². The zero-order valence-electron chi connectivity index (χ0n) is 15.9. The second kappa shape index (κ2) is 8.10. The molecular weight excluding hydrogens is 370 g/mol. The van der Waals surface area contributed by atoms with Crippen molar-refractivity contribution in [1.82, 2.24) is 9.88 Å². The van der Waals surface area contributed by atoms with Gasteiger partial charge in [0.25, 0.3) is 0 Å². The Balaban J connectivity index is 1.39. The first-order valence-electron chi connectivity index (χ1n) is 9.59. The molecule has 1 atom stereocenters. The fraction of sp³-hybridized carbons (Fsp3) is 0.318. The van der Waals surface area contributed by atoms with Crippen molar-refractivity contribution in [2.24, 2.45) is 0 Å². The monoisotopic (exact) mass is 393 g/mol. The van der Waals surface area contributed by atoms with Crippen LogP contribution >= 0.6 is 11.3 Å². The smallest absolute Gasteiger partial charge is 0.233 e. The van der Waals surface area contributed by atoms with Crippen molar-refractivity contribution in [1.29, 1.82) is 0 Å². The van der Waals surface area contributed by atoms with E-state index in [0.29, 0.717) is 13.1 Å². The first-order valence-corrected chi connectivity index (χ1v) is 10.4. The summed E-state index contributed by atoms with van der Waals surface area (Å²) in [6.07, 6.45) is 1.84. The van der Waals surface area contributed by atoms with Crippen LogP contribution < -0.4 is 5.32 Å². The summed E-state index contributed by atoms with van der Waals surface area (Å²) in [5, 5.41) is 3.93. The topological polar surface area (TPSA) is 62.3 Å². The number of para-hydroxylation sites is 2. The molecule has 5 nitrogen and oxygen atoms in total. The number of aryl methyl sites for hydroxylation is 1. The predicted octanol–water partition coefficient (Wildman–Crippen LogP) is 4.34. The molecule has 4 rings (SSSR count). The number of carbonyl (C=O) groups is 2. The van der Waals surface area contributed by atoms with Gasteiger partial charge in [0.15, 0.2) is 0 Å². The number of carbonyl (C=O) groups excluding carboxylic acids is 2. The van der Waals surface area contributed by atoms with Crippen LogP contribution in [-0.4, -0.2) is 34.8 Å². The molecule has 0 spiro atoms. The zero-order valence-corrected chi connectivity index (χ0v) is 16.7. The number of aromatic nitrogens is 1. The number of hydrogen-bond donors (Lipinski definition) is 1. The lowest BCUT2D eigenvalue weighted by molar-refractivity contribution is -0.135. The molecule has 1 aliphatic rings. The number of likely N-dealkylation sites (tertiary alicyclic amines) is 1. The summed E-state index contributed by atoms with van der Waals surface area (Å²) < 4.78 is 1.18. The minimum Gasteiger partial charge on any atom is -0.342 e. The van der Waals surface area contributed by atoms with Crippen LogP contribution in [0.1, 0.15) is 35.8 Å². The number of amides is 2. The molecule has 1 N–H and O–H groups in total. The van der Waals surface area contributed by atoms with E-state index >= 15 is 0 Å². The average Bonchev–Trinajstić information content (AvgIpc) is 3.14. The van der Waals surface area contributed by atoms with Crippen LogP contribution in [-0.2, 0) is 9.59 Å². The molecule has 1 aromatic heterocycles. The number of nitrogens with zero attached hydrogens (tertiary/aromatic N) is 2. The summed E-state index contributed by atoms with van der Waals surface area (Å²) in [6, 6.07) is 15.7. The van der Waals surface area contributed by atoms with E-state index in [9.17, 15) is 9.59 Å². The highest BCUT2D eigenvalue weighted by atomic mass is 32.1. The molecule has 28 heavy (non-hydrogen) atoms. The highest BCUT2D eigenvalue weighted by Crippen LogP contribution is 2.33. The van der Waals surface area contributed by atoms with Crippen molar-refractivity contribution in [3.05, 3.63) is 59.1 Å². The van der Waals surface area contributed by atoms with Gasteiger partial charge in [-0.3, -0.25) is 9.59 Å². The van der Waals surface area contributed by atoms with E-state index in [1.54, 1.807) is 11.3 Å². The normalized spacial score (nSPS) is 16.9. The molecule has 1 saturated heterocycles. The molecule has 144 valence electrons. The quantitative estimate of drug-likeness (QED) is 0.671. The second-order valence-corrected chi connectivity index (χ2v) is 8.30. The maximum Gasteiger partial charge on any atom is 0.233 e. The fourth-order valence-corrected chi connectivity index (χ4v) is 4.72. The van der Waals surface area contributed by atoms with Crippen LogP contribution in [0.5, 0.6) is 0 Å². The Kier molecular flexibility index (Phi) is 5.39. The lowest BCUT2D eigenvalue weighted by Gasteiger charge is -2.31. The zero-order chi connectivity index (χ0) is 19.5. The minimum atomic E-state index is -0.263. The Morgan fingerprint density at radius 3 is 2.79 bits per heavy atom. The van der Waals surface area contributed by atoms with Gasteiger partial charge in [0, 0.05) is 24.7 Å². The van der Waals surface area contributed by atoms with Crippen LogP contribution in [0.2, 0.25) is 0 Å². The Morgan fingerprint density at radius 1 is 1.18 bits per heavy atom. The van der Waals surface area contributed by atoms with Crippen LogP contribution in [0.15, 0.2) is 48.5 Å². The third-order valence-corrected chi connectivity index (χ3v) is 6.36. The van der Waals surface area contributed by atoms with Gasteiger partial charge in [-0.15, -0.1) is 11.3 Å². The van der Waals surface area contributed by atoms with E-state index < -0.39 is 0 Å². The van der Waals surface area contributed by atoms with E-state index in [1.807, 2.05) is 54.3 Å². The summed E-state index contributed by atoms with van der Waals surface area (Å²) in [7, 11) is 0. The molecule has 1 aliphatic heterocycles. The van der Waals surface area contributed by atoms with Crippen molar-refractivity contribution < 1.29 is 9.59 Å². The Labute approximate surface area is 168 Å². The number of nitrogens with one attached hydrogen (secondary N) is 1. The lowest BCUT2D eigenvalue weighted by Crippen LogP contribution is -2.40. The number of fused-ring (bicyclic) bond motifs is 1. The number of benzene rings is 2. The lowest BCUT2D eigenvalue weighted by atomic mass is 9.98. The summed E-state index contributed by atoms with van der Waals surface area (Å²) >= 11 is 1.71. The molecule has 2 heterocycles. The third kappa shape index (κ3) is 4.07. The van der Waals surface area contributed by atoms with Gasteiger partial charge in [-0.05, 0) is 43.5 Å². The molecule has 1 unspecified atom stereocenters. The van der Waals surface area contributed by atoms with Gasteiger partial charge in [0.05, 0.1) is 15.2 Å². The first-order chi connectivity index (χ1) is 13.6. The predicted molar refractivity (Wildman–Crippen MR) is 113 cm³/mol. The van der Waals surface area contributed by atoms with E-state index in [2.05, 4.69) is 11.4 Å². The fourth-order valence-electron chi connectivity index (χ4n) is 3.63. The van der Waals surface area contributed by atoms with Crippen molar-refractivity contribution in [3.8, 4) is 0 Å². The molecule has 6 heteroatoms. The number of thiazole rings is 1. The average molecular weight is 394 g/mol. The van der Waals surface area contributed by atoms with Crippen LogP contribution in [0.3, 0.4) is 0 Å². The standard InChI is InChI=1S/C22H23N3O2S/c1-15-7-2-3-9-17(15)23-20(26)13-21(27)25-12-6-8-16(14-25)22-24-18-10-4-5-11-19(18)28-22/h2-5,7,9-11,16H,6,8,12-14H2,1H3,(H,23,26). The van der Waals surface area contributed by atoms with Crippen LogP contribution in [0.25, 0.3) is 10.2 Å². The molecule has 0 aliphatic carbocycles. The Hall–Kier alpha value is -2.73. The minimum absolute atomic E-state index is 0.114. The van der Waals surface area contributed by atoms with E-state index in [0.717, 1.165) is 34.6 Å². The SMILES string of the molecule is Cc1ccccc1NC(=O)CC(=O)N1CCCC(c2nc3ccccc3s2)C1. The van der Waals surface area contributed by atoms with Gasteiger partial charge in [-0.1, -0.05) is 30.3 Å². The molecule has 2 amide bonds. The van der Waals surface area contributed by atoms with E-state index in [-0.39, 0.29) is 24.2 Å². The number of anilines is 1. The summed E-state index contributed by atoms with van der Waals surface area (Å²) in [5.41, 5.74) is 2.76. The third-order valence-electron chi connectivity index (χ3n) is 5.16. The second-order valence-electron chi connectivity index (χ2n) is 7.24. The molecule has 0 bridgehead atoms. The van der Waals surface area contributed by atoms with Crippen molar-refractivity contribution in [2.75, 3.05) is 18.4 Å². The summed E-state index contributed by atoms with van der Waals surface area (Å²) in [6.45, 7) is 3.28. The highest BCUT2D eigenvalue weighted by molar-refractivity contribution is 7.18. The molecule has 2 aromatic carbocycles. The summed E-state index contributed by atoms with van der Waals surface area (Å²) in [4.78, 5) is 31.6. The van der Waals surface area contributed by atoms with Gasteiger partial charge in [-0.25, -0.2) is 4.98 Å². The largest absolute Gasteiger partial charge is 0.342 e. The molecule has 0 radical (unpaired) electrons. The Bertz CT molecular complexity index is 981. The summed E-state index contributed by atoms with van der Waals surface area (Å²) in [5.74, 6) is -0.132. The molecular formula is C22H23N3O2S. The van der Waals surface area contributed by atoms with Gasteiger partial charge >= 0.3 is 0 Å².